The van der Waals surface area contributed by atoms with E-state index < -0.39 is 0 Å². The molecule has 38 heavy (non-hydrogen) atoms. The molecule has 180 valence electrons. The average molecular weight is 506 g/mol. The van der Waals surface area contributed by atoms with Gasteiger partial charge in [0.25, 0.3) is 0 Å². The molecule has 7 rings (SSSR count). The molecule has 0 atom stereocenters. The number of benzene rings is 6. The Kier molecular flexibility index (Phi) is 5.57. The second kappa shape index (κ2) is 9.37. The van der Waals surface area contributed by atoms with Crippen molar-refractivity contribution in [2.24, 2.45) is 0 Å². The van der Waals surface area contributed by atoms with Gasteiger partial charge in [-0.25, -0.2) is 0 Å². The van der Waals surface area contributed by atoms with E-state index in [1.165, 1.54) is 26.1 Å². The zero-order valence-corrected chi connectivity index (χ0v) is 21.3. The maximum Gasteiger partial charge on any atom is 0.193 e. The lowest BCUT2D eigenvalue weighted by Crippen LogP contribution is -2.02. The lowest BCUT2D eigenvalue weighted by atomic mass is 9.95. The maximum atomic E-state index is 13.3. The molecule has 0 fully saturated rings. The molecular formula is C35H23NOS. The van der Waals surface area contributed by atoms with Gasteiger partial charge < -0.3 is 5.32 Å². The van der Waals surface area contributed by atoms with E-state index in [4.69, 9.17) is 0 Å². The lowest BCUT2D eigenvalue weighted by molar-refractivity contribution is 0.103. The van der Waals surface area contributed by atoms with Crippen molar-refractivity contribution in [3.05, 3.63) is 145 Å². The van der Waals surface area contributed by atoms with E-state index in [2.05, 4.69) is 90.2 Å². The van der Waals surface area contributed by atoms with Crippen molar-refractivity contribution in [3.8, 4) is 22.3 Å². The molecule has 0 spiro atoms. The highest BCUT2D eigenvalue weighted by Gasteiger charge is 2.19. The van der Waals surface area contributed by atoms with Gasteiger partial charge in [0.2, 0.25) is 0 Å². The van der Waals surface area contributed by atoms with Gasteiger partial charge in [0.15, 0.2) is 5.78 Å². The van der Waals surface area contributed by atoms with Crippen LogP contribution in [0, 0.1) is 0 Å². The second-order valence-corrected chi connectivity index (χ2v) is 10.5. The van der Waals surface area contributed by atoms with Gasteiger partial charge in [-0.1, -0.05) is 127 Å². The number of rotatable bonds is 4. The Morgan fingerprint density at radius 3 is 1.89 bits per heavy atom. The van der Waals surface area contributed by atoms with Crippen molar-refractivity contribution in [2.75, 3.05) is 5.32 Å². The minimum absolute atomic E-state index is 0.0266. The Morgan fingerprint density at radius 1 is 0.526 bits per heavy atom. The zero-order chi connectivity index (χ0) is 25.5. The highest BCUT2D eigenvalue weighted by molar-refractivity contribution is 7.99. The summed E-state index contributed by atoms with van der Waals surface area (Å²) in [6, 6.07) is 45.3. The number of nitrogens with one attached hydrogen (secondary N) is 1. The van der Waals surface area contributed by atoms with Crippen LogP contribution in [0.5, 0.6) is 0 Å². The minimum Gasteiger partial charge on any atom is -0.353 e. The standard InChI is InChI=1S/C35H23NOS/c37-35(26-19-15-24(16-20-26)29-10-5-8-23-7-1-2-9-28(23)29)27-21-17-25(18-22-27)30-11-6-14-33-34(30)36-31-12-3-4-13-32(31)38-33/h1-22,36H. The molecule has 2 nitrogen and oxygen atoms in total. The number of carbonyl (C=O) groups excluding carboxylic acids is 1. The molecule has 0 bridgehead atoms. The number of hydrogen-bond donors (Lipinski definition) is 1. The first kappa shape index (κ1) is 22.6. The summed E-state index contributed by atoms with van der Waals surface area (Å²) >= 11 is 1.78. The van der Waals surface area contributed by atoms with Gasteiger partial charge in [0.05, 0.1) is 11.4 Å². The molecule has 0 saturated carbocycles. The van der Waals surface area contributed by atoms with Crippen LogP contribution in [0.15, 0.2) is 143 Å². The molecule has 1 aliphatic heterocycles. The van der Waals surface area contributed by atoms with Gasteiger partial charge in [-0.3, -0.25) is 4.79 Å². The van der Waals surface area contributed by atoms with E-state index in [1.807, 2.05) is 48.5 Å². The Labute approximate surface area is 226 Å². The van der Waals surface area contributed by atoms with Crippen LogP contribution < -0.4 is 5.32 Å². The van der Waals surface area contributed by atoms with Crippen LogP contribution in [-0.4, -0.2) is 5.78 Å². The Bertz CT molecular complexity index is 1820. The lowest BCUT2D eigenvalue weighted by Gasteiger charge is -2.23. The molecule has 0 saturated heterocycles. The number of hydrogen-bond acceptors (Lipinski definition) is 3. The number of para-hydroxylation sites is 2. The highest BCUT2D eigenvalue weighted by atomic mass is 32.2. The van der Waals surface area contributed by atoms with Crippen molar-refractivity contribution in [1.29, 1.82) is 0 Å². The van der Waals surface area contributed by atoms with Crippen molar-refractivity contribution >= 4 is 39.7 Å². The van der Waals surface area contributed by atoms with Crippen molar-refractivity contribution in [3.63, 3.8) is 0 Å². The topological polar surface area (TPSA) is 29.1 Å². The quantitative estimate of drug-likeness (QED) is 0.241. The average Bonchev–Trinajstić information content (AvgIpc) is 2.99. The summed E-state index contributed by atoms with van der Waals surface area (Å²) in [5.74, 6) is 0.0266. The molecule has 0 amide bonds. The molecule has 1 heterocycles. The molecule has 0 unspecified atom stereocenters. The Morgan fingerprint density at radius 2 is 1.11 bits per heavy atom. The first-order valence-corrected chi connectivity index (χ1v) is 13.5. The minimum atomic E-state index is 0.0266. The van der Waals surface area contributed by atoms with Crippen molar-refractivity contribution < 1.29 is 4.79 Å². The molecule has 3 heteroatoms. The fourth-order valence-electron chi connectivity index (χ4n) is 5.14. The Hall–Kier alpha value is -4.60. The van der Waals surface area contributed by atoms with Crippen LogP contribution >= 0.6 is 11.8 Å². The SMILES string of the molecule is O=C(c1ccc(-c2cccc3c2Nc2ccccc2S3)cc1)c1ccc(-c2cccc3ccccc23)cc1. The molecule has 0 aromatic heterocycles. The predicted molar refractivity (Wildman–Crippen MR) is 159 cm³/mol. The summed E-state index contributed by atoms with van der Waals surface area (Å²) in [4.78, 5) is 15.7. The van der Waals surface area contributed by atoms with Crippen LogP contribution in [-0.2, 0) is 0 Å². The van der Waals surface area contributed by atoms with E-state index in [1.54, 1.807) is 11.8 Å². The summed E-state index contributed by atoms with van der Waals surface area (Å²) in [5.41, 5.74) is 8.09. The molecule has 6 aromatic rings. The molecule has 0 aliphatic carbocycles. The zero-order valence-electron chi connectivity index (χ0n) is 20.5. The second-order valence-electron chi connectivity index (χ2n) is 9.41. The summed E-state index contributed by atoms with van der Waals surface area (Å²) in [6.45, 7) is 0. The normalized spacial score (nSPS) is 11.9. The van der Waals surface area contributed by atoms with E-state index in [0.717, 1.165) is 28.1 Å². The van der Waals surface area contributed by atoms with Gasteiger partial charge in [0.1, 0.15) is 0 Å². The van der Waals surface area contributed by atoms with Crippen molar-refractivity contribution in [1.82, 2.24) is 0 Å². The molecule has 0 radical (unpaired) electrons. The van der Waals surface area contributed by atoms with Gasteiger partial charge in [-0.05, 0) is 45.7 Å². The number of fused-ring (bicyclic) bond motifs is 3. The van der Waals surface area contributed by atoms with E-state index in [9.17, 15) is 4.79 Å². The van der Waals surface area contributed by atoms with Crippen LogP contribution in [0.2, 0.25) is 0 Å². The van der Waals surface area contributed by atoms with Gasteiger partial charge in [0, 0.05) is 26.5 Å². The fourth-order valence-corrected chi connectivity index (χ4v) is 6.17. The third-order valence-corrected chi connectivity index (χ3v) is 8.23. The Balaban J connectivity index is 1.15. The predicted octanol–water partition coefficient (Wildman–Crippen LogP) is 9.61. The van der Waals surface area contributed by atoms with Gasteiger partial charge >= 0.3 is 0 Å². The van der Waals surface area contributed by atoms with E-state index in [-0.39, 0.29) is 5.78 Å². The molecular weight excluding hydrogens is 482 g/mol. The summed E-state index contributed by atoms with van der Waals surface area (Å²) in [5, 5.41) is 6.04. The number of anilines is 2. The van der Waals surface area contributed by atoms with Crippen LogP contribution in [0.1, 0.15) is 15.9 Å². The number of ketones is 1. The molecule has 1 aliphatic rings. The first-order valence-electron chi connectivity index (χ1n) is 12.6. The smallest absolute Gasteiger partial charge is 0.193 e. The largest absolute Gasteiger partial charge is 0.353 e. The third-order valence-electron chi connectivity index (χ3n) is 7.10. The maximum absolute atomic E-state index is 13.3. The highest BCUT2D eigenvalue weighted by Crippen LogP contribution is 2.47. The first-order chi connectivity index (χ1) is 18.7. The summed E-state index contributed by atoms with van der Waals surface area (Å²) in [6.07, 6.45) is 0. The fraction of sp³-hybridized carbons (Fsp3) is 0. The van der Waals surface area contributed by atoms with Crippen LogP contribution in [0.3, 0.4) is 0 Å². The van der Waals surface area contributed by atoms with E-state index >= 15 is 0 Å². The van der Waals surface area contributed by atoms with E-state index in [0.29, 0.717) is 11.1 Å². The van der Waals surface area contributed by atoms with Crippen molar-refractivity contribution in [2.45, 2.75) is 9.79 Å². The molecule has 1 N–H and O–H groups in total. The van der Waals surface area contributed by atoms with Gasteiger partial charge in [-0.2, -0.15) is 0 Å². The van der Waals surface area contributed by atoms with Crippen LogP contribution in [0.4, 0.5) is 11.4 Å². The summed E-state index contributed by atoms with van der Waals surface area (Å²) in [7, 11) is 0. The third kappa shape index (κ3) is 3.98. The van der Waals surface area contributed by atoms with Crippen LogP contribution in [0.25, 0.3) is 33.0 Å². The number of carbonyl (C=O) groups is 1. The monoisotopic (exact) mass is 505 g/mol. The summed E-state index contributed by atoms with van der Waals surface area (Å²) < 4.78 is 0. The molecule has 6 aromatic carbocycles. The van der Waals surface area contributed by atoms with Gasteiger partial charge in [-0.15, -0.1) is 0 Å².